The third-order valence-corrected chi connectivity index (χ3v) is 6.37. The Balaban J connectivity index is 1.53. The van der Waals surface area contributed by atoms with Crippen LogP contribution in [0.2, 0.25) is 0 Å². The van der Waals surface area contributed by atoms with Crippen LogP contribution in [-0.4, -0.2) is 28.7 Å². The molecule has 0 aliphatic carbocycles. The zero-order valence-corrected chi connectivity index (χ0v) is 19.0. The van der Waals surface area contributed by atoms with Gasteiger partial charge in [-0.1, -0.05) is 36.4 Å². The second-order valence-electron chi connectivity index (χ2n) is 8.79. The summed E-state index contributed by atoms with van der Waals surface area (Å²) in [6.07, 6.45) is -0.623. The van der Waals surface area contributed by atoms with Crippen molar-refractivity contribution in [2.75, 3.05) is 6.54 Å². The molecule has 1 fully saturated rings. The SMILES string of the molecule is CC(O)CC1(c2ccc(F)cc2)CCN(C(C)c2ccc(-c3ccc(F)cc3F)cc2)C(=O)O1. The first-order chi connectivity index (χ1) is 16.2. The molecule has 0 saturated carbocycles. The fraction of sp³-hybridized carbons (Fsp3) is 0.296. The standard InChI is InChI=1S/C27H26F3NO3/c1-17(32)16-27(21-7-9-22(28)10-8-21)13-14-31(26(33)34-27)18(2)19-3-5-20(6-4-19)24-12-11-23(29)15-25(24)30/h3-12,15,17-18,32H,13-14,16H2,1-2H3. The average molecular weight is 470 g/mol. The van der Waals surface area contributed by atoms with Gasteiger partial charge in [0.05, 0.1) is 12.1 Å². The number of hydrogen-bond donors (Lipinski definition) is 1. The highest BCUT2D eigenvalue weighted by Gasteiger charge is 2.44. The van der Waals surface area contributed by atoms with Gasteiger partial charge < -0.3 is 14.7 Å². The molecule has 1 saturated heterocycles. The van der Waals surface area contributed by atoms with E-state index in [2.05, 4.69) is 0 Å². The van der Waals surface area contributed by atoms with E-state index in [4.69, 9.17) is 4.74 Å². The van der Waals surface area contributed by atoms with Crippen LogP contribution in [0.5, 0.6) is 0 Å². The van der Waals surface area contributed by atoms with Crippen LogP contribution >= 0.6 is 0 Å². The van der Waals surface area contributed by atoms with E-state index in [0.29, 0.717) is 29.7 Å². The number of rotatable bonds is 6. The highest BCUT2D eigenvalue weighted by Crippen LogP contribution is 2.40. The molecule has 1 aliphatic rings. The zero-order chi connectivity index (χ0) is 24.5. The first-order valence-corrected chi connectivity index (χ1v) is 11.2. The number of halogens is 3. The predicted octanol–water partition coefficient (Wildman–Crippen LogP) is 6.34. The van der Waals surface area contributed by atoms with Crippen molar-refractivity contribution in [2.24, 2.45) is 0 Å². The Labute approximate surface area is 196 Å². The lowest BCUT2D eigenvalue weighted by Gasteiger charge is -2.44. The lowest BCUT2D eigenvalue weighted by atomic mass is 9.83. The summed E-state index contributed by atoms with van der Waals surface area (Å²) in [5.41, 5.74) is 1.32. The van der Waals surface area contributed by atoms with Gasteiger partial charge in [-0.05, 0) is 54.8 Å². The number of hydrogen-bond acceptors (Lipinski definition) is 3. The Kier molecular flexibility index (Phi) is 6.66. The molecular weight excluding hydrogens is 443 g/mol. The van der Waals surface area contributed by atoms with Crippen molar-refractivity contribution in [1.29, 1.82) is 0 Å². The van der Waals surface area contributed by atoms with Crippen LogP contribution in [0.4, 0.5) is 18.0 Å². The number of ether oxygens (including phenoxy) is 1. The molecule has 4 nitrogen and oxygen atoms in total. The number of aliphatic hydroxyl groups is 1. The number of amides is 1. The molecule has 3 atom stereocenters. The van der Waals surface area contributed by atoms with Gasteiger partial charge in [-0.25, -0.2) is 18.0 Å². The van der Waals surface area contributed by atoms with Gasteiger partial charge in [-0.2, -0.15) is 0 Å². The Morgan fingerprint density at radius 2 is 1.62 bits per heavy atom. The lowest BCUT2D eigenvalue weighted by molar-refractivity contribution is -0.0815. The lowest BCUT2D eigenvalue weighted by Crippen LogP contribution is -2.49. The maximum atomic E-state index is 14.1. The molecule has 178 valence electrons. The largest absolute Gasteiger partial charge is 0.438 e. The molecule has 1 heterocycles. The number of benzene rings is 3. The summed E-state index contributed by atoms with van der Waals surface area (Å²) in [4.78, 5) is 14.7. The highest BCUT2D eigenvalue weighted by molar-refractivity contribution is 5.70. The van der Waals surface area contributed by atoms with Gasteiger partial charge >= 0.3 is 6.09 Å². The van der Waals surface area contributed by atoms with E-state index in [-0.39, 0.29) is 12.5 Å². The van der Waals surface area contributed by atoms with Crippen LogP contribution in [-0.2, 0) is 10.3 Å². The second-order valence-corrected chi connectivity index (χ2v) is 8.79. The molecule has 1 amide bonds. The summed E-state index contributed by atoms with van der Waals surface area (Å²) in [6.45, 7) is 3.87. The van der Waals surface area contributed by atoms with Gasteiger partial charge in [0.2, 0.25) is 0 Å². The van der Waals surface area contributed by atoms with Gasteiger partial charge in [-0.3, -0.25) is 0 Å². The van der Waals surface area contributed by atoms with Crippen molar-refractivity contribution in [3.8, 4) is 11.1 Å². The Morgan fingerprint density at radius 1 is 0.971 bits per heavy atom. The fourth-order valence-electron chi connectivity index (χ4n) is 4.56. The average Bonchev–Trinajstić information content (AvgIpc) is 2.79. The third kappa shape index (κ3) is 4.80. The highest BCUT2D eigenvalue weighted by atomic mass is 19.1. The summed E-state index contributed by atoms with van der Waals surface area (Å²) in [6, 6.07) is 16.0. The quantitative estimate of drug-likeness (QED) is 0.458. The molecule has 3 aromatic carbocycles. The number of aliphatic hydroxyl groups excluding tert-OH is 1. The predicted molar refractivity (Wildman–Crippen MR) is 122 cm³/mol. The maximum absolute atomic E-state index is 14.1. The van der Waals surface area contributed by atoms with Crippen LogP contribution < -0.4 is 0 Å². The number of carbonyl (C=O) groups excluding carboxylic acids is 1. The Bertz CT molecular complexity index is 1160. The van der Waals surface area contributed by atoms with Crippen molar-refractivity contribution >= 4 is 6.09 Å². The molecule has 3 aromatic rings. The minimum Gasteiger partial charge on any atom is -0.438 e. The molecule has 1 N–H and O–H groups in total. The zero-order valence-electron chi connectivity index (χ0n) is 19.0. The van der Waals surface area contributed by atoms with Crippen molar-refractivity contribution < 1.29 is 27.8 Å². The van der Waals surface area contributed by atoms with E-state index in [0.717, 1.165) is 11.6 Å². The van der Waals surface area contributed by atoms with Crippen LogP contribution in [0, 0.1) is 17.5 Å². The topological polar surface area (TPSA) is 49.8 Å². The van der Waals surface area contributed by atoms with Crippen LogP contribution in [0.3, 0.4) is 0 Å². The van der Waals surface area contributed by atoms with E-state index in [1.807, 2.05) is 6.92 Å². The van der Waals surface area contributed by atoms with Crippen molar-refractivity contribution in [3.63, 3.8) is 0 Å². The van der Waals surface area contributed by atoms with E-state index < -0.39 is 35.2 Å². The smallest absolute Gasteiger partial charge is 0.411 e. The number of cyclic esters (lactones) is 1. The molecule has 0 spiro atoms. The van der Waals surface area contributed by atoms with E-state index in [1.54, 1.807) is 48.2 Å². The summed E-state index contributed by atoms with van der Waals surface area (Å²) in [5.74, 6) is -1.67. The minimum atomic E-state index is -1.04. The van der Waals surface area contributed by atoms with Crippen molar-refractivity contribution in [3.05, 3.63) is 95.3 Å². The summed E-state index contributed by atoms with van der Waals surface area (Å²) >= 11 is 0. The van der Waals surface area contributed by atoms with E-state index in [9.17, 15) is 23.1 Å². The third-order valence-electron chi connectivity index (χ3n) is 6.37. The van der Waals surface area contributed by atoms with E-state index >= 15 is 0 Å². The number of nitrogens with zero attached hydrogens (tertiary/aromatic N) is 1. The van der Waals surface area contributed by atoms with E-state index in [1.165, 1.54) is 24.3 Å². The van der Waals surface area contributed by atoms with Gasteiger partial charge in [-0.15, -0.1) is 0 Å². The minimum absolute atomic E-state index is 0.199. The van der Waals surface area contributed by atoms with Gasteiger partial charge in [0, 0.05) is 31.0 Å². The first-order valence-electron chi connectivity index (χ1n) is 11.2. The summed E-state index contributed by atoms with van der Waals surface area (Å²) in [5, 5.41) is 10.1. The van der Waals surface area contributed by atoms with Crippen LogP contribution in [0.15, 0.2) is 66.7 Å². The Morgan fingerprint density at radius 3 is 2.21 bits per heavy atom. The first kappa shape index (κ1) is 23.8. The van der Waals surface area contributed by atoms with Gasteiger partial charge in [0.15, 0.2) is 0 Å². The molecule has 1 aliphatic heterocycles. The summed E-state index contributed by atoms with van der Waals surface area (Å²) in [7, 11) is 0. The molecule has 7 heteroatoms. The van der Waals surface area contributed by atoms with Crippen molar-refractivity contribution in [2.45, 2.75) is 44.4 Å². The maximum Gasteiger partial charge on any atom is 0.411 e. The molecule has 0 radical (unpaired) electrons. The Hall–Kier alpha value is -3.32. The molecule has 3 unspecified atom stereocenters. The second kappa shape index (κ2) is 9.50. The van der Waals surface area contributed by atoms with Crippen LogP contribution in [0.1, 0.15) is 43.9 Å². The number of carbonyl (C=O) groups is 1. The van der Waals surface area contributed by atoms with Gasteiger partial charge in [0.25, 0.3) is 0 Å². The molecule has 0 bridgehead atoms. The molecular formula is C27H26F3NO3. The monoisotopic (exact) mass is 469 g/mol. The fourth-order valence-corrected chi connectivity index (χ4v) is 4.56. The van der Waals surface area contributed by atoms with Gasteiger partial charge in [0.1, 0.15) is 23.1 Å². The van der Waals surface area contributed by atoms with Crippen molar-refractivity contribution in [1.82, 2.24) is 4.90 Å². The molecule has 34 heavy (non-hydrogen) atoms. The molecule has 0 aromatic heterocycles. The summed E-state index contributed by atoms with van der Waals surface area (Å²) < 4.78 is 46.7. The normalized spacial score (nSPS) is 20.1. The molecule has 4 rings (SSSR count). The van der Waals surface area contributed by atoms with Crippen LogP contribution in [0.25, 0.3) is 11.1 Å².